The molecule has 2 heterocycles. The number of aryl methyl sites for hydroxylation is 1. The third-order valence-corrected chi connectivity index (χ3v) is 5.87. The van der Waals surface area contributed by atoms with Crippen molar-refractivity contribution in [3.8, 4) is 0 Å². The van der Waals surface area contributed by atoms with Crippen LogP contribution in [0.4, 0.5) is 4.79 Å². The zero-order valence-electron chi connectivity index (χ0n) is 20.3. The summed E-state index contributed by atoms with van der Waals surface area (Å²) in [5.41, 5.74) is 0.542. The van der Waals surface area contributed by atoms with Crippen LogP contribution in [0.5, 0.6) is 0 Å². The van der Waals surface area contributed by atoms with Gasteiger partial charge >= 0.3 is 12.1 Å². The molecule has 12 nitrogen and oxygen atoms in total. The Bertz CT molecular complexity index is 1040. The second-order valence-corrected chi connectivity index (χ2v) is 9.53. The predicted molar refractivity (Wildman–Crippen MR) is 132 cm³/mol. The Morgan fingerprint density at radius 3 is 2.63 bits per heavy atom. The number of nitrogens with zero attached hydrogens (tertiary/aromatic N) is 3. The van der Waals surface area contributed by atoms with Crippen LogP contribution in [0.2, 0.25) is 0 Å². The van der Waals surface area contributed by atoms with Gasteiger partial charge in [0.1, 0.15) is 12.1 Å². The summed E-state index contributed by atoms with van der Waals surface area (Å²) >= 11 is 1.49. The Labute approximate surface area is 207 Å². The molecule has 4 N–H and O–H groups in total. The molecule has 0 aliphatic heterocycles. The molecule has 194 valence electrons. The van der Waals surface area contributed by atoms with E-state index in [1.165, 1.54) is 18.1 Å². The van der Waals surface area contributed by atoms with Crippen LogP contribution >= 0.6 is 11.8 Å². The molecular formula is C22H34N6O6S. The van der Waals surface area contributed by atoms with Crippen molar-refractivity contribution in [1.29, 1.82) is 0 Å². The van der Waals surface area contributed by atoms with Gasteiger partial charge in [-0.2, -0.15) is 11.8 Å². The molecule has 0 saturated heterocycles. The molecule has 35 heavy (non-hydrogen) atoms. The summed E-state index contributed by atoms with van der Waals surface area (Å²) in [6.07, 6.45) is 6.86. The van der Waals surface area contributed by atoms with Crippen molar-refractivity contribution in [1.82, 2.24) is 30.2 Å². The van der Waals surface area contributed by atoms with E-state index in [0.29, 0.717) is 42.7 Å². The molecule has 2 aromatic heterocycles. The topological polar surface area (TPSA) is 168 Å². The third kappa shape index (κ3) is 9.23. The van der Waals surface area contributed by atoms with Crippen molar-refractivity contribution in [2.24, 2.45) is 5.92 Å². The number of H-pyrrole nitrogens is 1. The highest BCUT2D eigenvalue weighted by atomic mass is 32.2. The first-order valence-corrected chi connectivity index (χ1v) is 13.0. The largest absolute Gasteiger partial charge is 0.480 e. The predicted octanol–water partition coefficient (Wildman–Crippen LogP) is 1.75. The van der Waals surface area contributed by atoms with Gasteiger partial charge in [-0.15, -0.1) is 0 Å². The van der Waals surface area contributed by atoms with Crippen LogP contribution in [0, 0.1) is 5.92 Å². The van der Waals surface area contributed by atoms with E-state index in [9.17, 15) is 24.3 Å². The van der Waals surface area contributed by atoms with Gasteiger partial charge in [-0.25, -0.2) is 19.6 Å². The fourth-order valence-electron chi connectivity index (χ4n) is 3.43. The van der Waals surface area contributed by atoms with Crippen LogP contribution in [0.1, 0.15) is 46.0 Å². The molecule has 2 atom stereocenters. The number of fused-ring (bicyclic) bond motifs is 1. The minimum absolute atomic E-state index is 0.102. The normalized spacial score (nSPS) is 12.9. The van der Waals surface area contributed by atoms with Gasteiger partial charge in [-0.1, -0.05) is 13.8 Å². The summed E-state index contributed by atoms with van der Waals surface area (Å²) in [6, 6.07) is -1.90. The zero-order chi connectivity index (χ0) is 25.8. The average Bonchev–Trinajstić information content (AvgIpc) is 3.22. The second-order valence-electron chi connectivity index (χ2n) is 8.55. The first-order valence-electron chi connectivity index (χ1n) is 11.6. The van der Waals surface area contributed by atoms with E-state index < -0.39 is 30.1 Å². The number of thioether (sulfide) groups is 1. The van der Waals surface area contributed by atoms with E-state index in [-0.39, 0.29) is 18.1 Å². The van der Waals surface area contributed by atoms with E-state index in [2.05, 4.69) is 25.6 Å². The summed E-state index contributed by atoms with van der Waals surface area (Å²) in [5.74, 6) is -0.952. The zero-order valence-corrected chi connectivity index (χ0v) is 21.1. The van der Waals surface area contributed by atoms with Crippen LogP contribution in [-0.4, -0.2) is 73.3 Å². The Morgan fingerprint density at radius 2 is 1.94 bits per heavy atom. The number of amides is 2. The monoisotopic (exact) mass is 510 g/mol. The van der Waals surface area contributed by atoms with Crippen LogP contribution in [-0.2, 0) is 20.9 Å². The summed E-state index contributed by atoms with van der Waals surface area (Å²) in [6.45, 7) is 4.61. The van der Waals surface area contributed by atoms with Gasteiger partial charge < -0.3 is 30.0 Å². The second kappa shape index (κ2) is 14.3. The summed E-state index contributed by atoms with van der Waals surface area (Å²) in [7, 11) is 0. The van der Waals surface area contributed by atoms with E-state index in [4.69, 9.17) is 4.74 Å². The number of carboxylic acid groups (broad SMARTS) is 1. The number of ether oxygens (including phenoxy) is 1. The molecule has 0 spiro atoms. The fourth-order valence-corrected chi connectivity index (χ4v) is 3.90. The number of carbonyl (C=O) groups excluding carboxylic acids is 2. The molecule has 2 rings (SSSR count). The van der Waals surface area contributed by atoms with Crippen molar-refractivity contribution in [3.63, 3.8) is 0 Å². The van der Waals surface area contributed by atoms with Crippen molar-refractivity contribution in [3.05, 3.63) is 23.0 Å². The van der Waals surface area contributed by atoms with Gasteiger partial charge in [0, 0.05) is 6.54 Å². The first-order chi connectivity index (χ1) is 16.7. The number of hydrogen-bond donors (Lipinski definition) is 4. The van der Waals surface area contributed by atoms with Gasteiger partial charge in [0.15, 0.2) is 11.2 Å². The van der Waals surface area contributed by atoms with Gasteiger partial charge in [0.2, 0.25) is 5.91 Å². The van der Waals surface area contributed by atoms with E-state index in [1.807, 2.05) is 20.1 Å². The molecule has 0 aliphatic rings. The van der Waals surface area contributed by atoms with Crippen LogP contribution in [0.15, 0.2) is 17.4 Å². The number of unbranched alkanes of at least 4 members (excludes halogenated alkanes) is 2. The van der Waals surface area contributed by atoms with Crippen LogP contribution < -0.4 is 16.2 Å². The highest BCUT2D eigenvalue weighted by molar-refractivity contribution is 7.98. The number of aromatic nitrogens is 4. The maximum absolute atomic E-state index is 12.6. The lowest BCUT2D eigenvalue weighted by atomic mass is 10.0. The lowest BCUT2D eigenvalue weighted by Gasteiger charge is -2.22. The molecule has 13 heteroatoms. The molecule has 0 aromatic carbocycles. The van der Waals surface area contributed by atoms with Crippen molar-refractivity contribution < 1.29 is 24.2 Å². The molecule has 0 radical (unpaired) electrons. The Balaban J connectivity index is 1.75. The minimum atomic E-state index is -1.11. The molecular weight excluding hydrogens is 476 g/mol. The smallest absolute Gasteiger partial charge is 0.407 e. The maximum Gasteiger partial charge on any atom is 0.407 e. The lowest BCUT2D eigenvalue weighted by Crippen LogP contribution is -2.52. The highest BCUT2D eigenvalue weighted by Gasteiger charge is 2.27. The molecule has 0 bridgehead atoms. The quantitative estimate of drug-likeness (QED) is 0.261. The highest BCUT2D eigenvalue weighted by Crippen LogP contribution is 2.09. The van der Waals surface area contributed by atoms with Crippen LogP contribution in [0.3, 0.4) is 0 Å². The average molecular weight is 511 g/mol. The number of hydrogen-bond acceptors (Lipinski definition) is 8. The van der Waals surface area contributed by atoms with E-state index in [1.54, 1.807) is 10.9 Å². The van der Waals surface area contributed by atoms with E-state index >= 15 is 0 Å². The van der Waals surface area contributed by atoms with Crippen LogP contribution in [0.25, 0.3) is 11.2 Å². The maximum atomic E-state index is 12.6. The molecule has 0 aliphatic carbocycles. The van der Waals surface area contributed by atoms with Gasteiger partial charge in [0.05, 0.1) is 19.3 Å². The van der Waals surface area contributed by atoms with Gasteiger partial charge in [0.25, 0.3) is 5.56 Å². The van der Waals surface area contributed by atoms with Gasteiger partial charge in [-0.05, 0) is 50.0 Å². The number of rotatable bonds is 15. The van der Waals surface area contributed by atoms with E-state index in [0.717, 1.165) is 12.8 Å². The summed E-state index contributed by atoms with van der Waals surface area (Å²) in [5, 5.41) is 14.4. The number of carboxylic acids is 1. The molecule has 2 amide bonds. The standard InChI is InChI=1S/C22H34N6O6S/c1-14(2)11-16(19(29)26-15(21(31)32)7-10-35-3)27-22(33)34-9-6-4-5-8-28-13-25-17-18(28)23-12-24-20(17)30/h12-16H,4-11H2,1-3H3,(H,26,29)(H,27,33)(H,31,32)(H,23,24,30). The lowest BCUT2D eigenvalue weighted by molar-refractivity contribution is -0.142. The third-order valence-electron chi connectivity index (χ3n) is 5.23. The van der Waals surface area contributed by atoms with Crippen molar-refractivity contribution in [2.75, 3.05) is 18.6 Å². The molecule has 0 saturated carbocycles. The first kappa shape index (κ1) is 28.1. The number of carbonyl (C=O) groups is 3. The number of aliphatic carboxylic acids is 1. The molecule has 2 unspecified atom stereocenters. The minimum Gasteiger partial charge on any atom is -0.480 e. The molecule has 0 fully saturated rings. The Kier molecular flexibility index (Phi) is 11.5. The summed E-state index contributed by atoms with van der Waals surface area (Å²) < 4.78 is 7.02. The molecule has 2 aromatic rings. The van der Waals surface area contributed by atoms with Gasteiger partial charge in [-0.3, -0.25) is 9.59 Å². The SMILES string of the molecule is CSCCC(NC(=O)C(CC(C)C)NC(=O)OCCCCCn1cnc2c(=O)[nH]cnc21)C(=O)O. The van der Waals surface area contributed by atoms with Crippen molar-refractivity contribution >= 4 is 40.9 Å². The Morgan fingerprint density at radius 1 is 1.17 bits per heavy atom. The Hall–Kier alpha value is -3.09. The number of nitrogens with one attached hydrogen (secondary N) is 3. The van der Waals surface area contributed by atoms with Crippen molar-refractivity contribution in [2.45, 2.75) is 64.6 Å². The number of aromatic amines is 1. The number of imidazole rings is 1. The number of alkyl carbamates (subject to hydrolysis) is 1. The summed E-state index contributed by atoms with van der Waals surface area (Å²) in [4.78, 5) is 58.7. The fraction of sp³-hybridized carbons (Fsp3) is 0.636.